The first-order chi connectivity index (χ1) is 9.88. The molecule has 2 rings (SSSR count). The summed E-state index contributed by atoms with van der Waals surface area (Å²) in [6.07, 6.45) is 0.866. The SMILES string of the molecule is CC(C)C(N)CCN(C)c1nc2ccc([N+](=O)[O-])cc2[nH]1. The van der Waals surface area contributed by atoms with Gasteiger partial charge in [-0.3, -0.25) is 10.1 Å². The highest BCUT2D eigenvalue weighted by Gasteiger charge is 2.13. The molecule has 0 aliphatic rings. The zero-order valence-corrected chi connectivity index (χ0v) is 12.5. The molecule has 0 aliphatic carbocycles. The van der Waals surface area contributed by atoms with E-state index in [0.717, 1.165) is 18.5 Å². The van der Waals surface area contributed by atoms with Gasteiger partial charge in [0, 0.05) is 31.8 Å². The van der Waals surface area contributed by atoms with Crippen LogP contribution in [0.15, 0.2) is 18.2 Å². The van der Waals surface area contributed by atoms with Crippen LogP contribution in [0.25, 0.3) is 11.0 Å². The number of imidazole rings is 1. The molecule has 1 aromatic carbocycles. The summed E-state index contributed by atoms with van der Waals surface area (Å²) >= 11 is 0. The van der Waals surface area contributed by atoms with Crippen LogP contribution in [0.2, 0.25) is 0 Å². The molecule has 0 radical (unpaired) electrons. The fraction of sp³-hybridized carbons (Fsp3) is 0.500. The number of aromatic nitrogens is 2. The smallest absolute Gasteiger partial charge is 0.271 e. The van der Waals surface area contributed by atoms with Crippen molar-refractivity contribution in [3.63, 3.8) is 0 Å². The minimum absolute atomic E-state index is 0.0576. The Bertz CT molecular complexity index is 637. The molecular weight excluding hydrogens is 270 g/mol. The lowest BCUT2D eigenvalue weighted by atomic mass is 10.0. The largest absolute Gasteiger partial charge is 0.345 e. The van der Waals surface area contributed by atoms with Gasteiger partial charge in [0.15, 0.2) is 0 Å². The number of nitrogens with two attached hydrogens (primary N) is 1. The quantitative estimate of drug-likeness (QED) is 0.628. The minimum Gasteiger partial charge on any atom is -0.345 e. The molecule has 0 saturated heterocycles. The zero-order valence-electron chi connectivity index (χ0n) is 12.5. The number of nitrogens with zero attached hydrogens (tertiary/aromatic N) is 3. The highest BCUT2D eigenvalue weighted by molar-refractivity contribution is 5.80. The summed E-state index contributed by atoms with van der Waals surface area (Å²) in [6.45, 7) is 4.98. The van der Waals surface area contributed by atoms with Gasteiger partial charge in [0.25, 0.3) is 5.69 Å². The number of hydrogen-bond donors (Lipinski definition) is 2. The Hall–Kier alpha value is -2.15. The second kappa shape index (κ2) is 6.09. The average molecular weight is 291 g/mol. The van der Waals surface area contributed by atoms with Crippen LogP contribution < -0.4 is 10.6 Å². The molecule has 1 heterocycles. The van der Waals surface area contributed by atoms with Gasteiger partial charge in [-0.1, -0.05) is 13.8 Å². The Morgan fingerprint density at radius 2 is 2.19 bits per heavy atom. The number of H-pyrrole nitrogens is 1. The fourth-order valence-electron chi connectivity index (χ4n) is 2.06. The monoisotopic (exact) mass is 291 g/mol. The van der Waals surface area contributed by atoms with Crippen LogP contribution >= 0.6 is 0 Å². The highest BCUT2D eigenvalue weighted by atomic mass is 16.6. The van der Waals surface area contributed by atoms with Crippen molar-refractivity contribution in [1.82, 2.24) is 9.97 Å². The Morgan fingerprint density at radius 3 is 2.81 bits per heavy atom. The Kier molecular flexibility index (Phi) is 4.42. The van der Waals surface area contributed by atoms with E-state index in [0.29, 0.717) is 17.4 Å². The van der Waals surface area contributed by atoms with E-state index in [2.05, 4.69) is 23.8 Å². The molecule has 0 bridgehead atoms. The molecule has 0 spiro atoms. The number of nitro groups is 1. The Morgan fingerprint density at radius 1 is 1.48 bits per heavy atom. The van der Waals surface area contributed by atoms with E-state index in [1.807, 2.05) is 11.9 Å². The second-order valence-corrected chi connectivity index (χ2v) is 5.64. The van der Waals surface area contributed by atoms with Gasteiger partial charge >= 0.3 is 0 Å². The molecule has 3 N–H and O–H groups in total. The number of non-ortho nitro benzene ring substituents is 1. The maximum absolute atomic E-state index is 10.8. The van der Waals surface area contributed by atoms with E-state index in [1.54, 1.807) is 6.07 Å². The van der Waals surface area contributed by atoms with Gasteiger partial charge in [0.05, 0.1) is 16.0 Å². The number of anilines is 1. The van der Waals surface area contributed by atoms with Crippen molar-refractivity contribution >= 4 is 22.7 Å². The third kappa shape index (κ3) is 3.49. The predicted octanol–water partition coefficient (Wildman–Crippen LogP) is 2.28. The maximum atomic E-state index is 10.8. The van der Waals surface area contributed by atoms with Crippen molar-refractivity contribution in [2.24, 2.45) is 11.7 Å². The topological polar surface area (TPSA) is 101 Å². The number of benzene rings is 1. The molecule has 114 valence electrons. The molecule has 1 atom stereocenters. The summed E-state index contributed by atoms with van der Waals surface area (Å²) in [4.78, 5) is 19.9. The molecule has 1 unspecified atom stereocenters. The highest BCUT2D eigenvalue weighted by Crippen LogP contribution is 2.22. The van der Waals surface area contributed by atoms with E-state index >= 15 is 0 Å². The standard InChI is InChI=1S/C14H21N5O2/c1-9(2)11(15)6-7-18(3)14-16-12-5-4-10(19(20)21)8-13(12)17-14/h4-5,8-9,11H,6-7,15H2,1-3H3,(H,16,17). The van der Waals surface area contributed by atoms with Gasteiger partial charge in [0.2, 0.25) is 5.95 Å². The lowest BCUT2D eigenvalue weighted by Gasteiger charge is -2.20. The normalized spacial score (nSPS) is 12.8. The number of rotatable bonds is 6. The van der Waals surface area contributed by atoms with Gasteiger partial charge < -0.3 is 15.6 Å². The molecule has 7 heteroatoms. The van der Waals surface area contributed by atoms with E-state index < -0.39 is 4.92 Å². The molecule has 21 heavy (non-hydrogen) atoms. The summed E-state index contributed by atoms with van der Waals surface area (Å²) < 4.78 is 0. The number of fused-ring (bicyclic) bond motifs is 1. The summed E-state index contributed by atoms with van der Waals surface area (Å²) in [7, 11) is 1.93. The third-order valence-electron chi connectivity index (χ3n) is 3.68. The third-order valence-corrected chi connectivity index (χ3v) is 3.68. The predicted molar refractivity (Wildman–Crippen MR) is 83.4 cm³/mol. The van der Waals surface area contributed by atoms with E-state index in [1.165, 1.54) is 12.1 Å². The molecule has 7 nitrogen and oxygen atoms in total. The lowest BCUT2D eigenvalue weighted by molar-refractivity contribution is -0.384. The molecule has 1 aromatic heterocycles. The van der Waals surface area contributed by atoms with Gasteiger partial charge in [0.1, 0.15) is 0 Å². The Labute approximate surface area is 123 Å². The van der Waals surface area contributed by atoms with Crippen molar-refractivity contribution in [2.45, 2.75) is 26.3 Å². The van der Waals surface area contributed by atoms with Gasteiger partial charge in [-0.15, -0.1) is 0 Å². The molecular formula is C14H21N5O2. The summed E-state index contributed by atoms with van der Waals surface area (Å²) in [5.74, 6) is 1.14. The van der Waals surface area contributed by atoms with E-state index in [9.17, 15) is 10.1 Å². The summed E-state index contributed by atoms with van der Waals surface area (Å²) in [5.41, 5.74) is 7.48. The van der Waals surface area contributed by atoms with Gasteiger partial charge in [-0.2, -0.15) is 0 Å². The first-order valence-corrected chi connectivity index (χ1v) is 6.99. The van der Waals surface area contributed by atoms with Crippen molar-refractivity contribution in [3.8, 4) is 0 Å². The summed E-state index contributed by atoms with van der Waals surface area (Å²) in [6, 6.07) is 4.76. The van der Waals surface area contributed by atoms with Crippen LogP contribution in [0, 0.1) is 16.0 Å². The summed E-state index contributed by atoms with van der Waals surface area (Å²) in [5, 5.41) is 10.8. The van der Waals surface area contributed by atoms with Crippen LogP contribution in [0.5, 0.6) is 0 Å². The second-order valence-electron chi connectivity index (χ2n) is 5.64. The molecule has 0 fully saturated rings. The molecule has 0 amide bonds. The number of aromatic amines is 1. The van der Waals surface area contributed by atoms with Crippen LogP contribution in [0.1, 0.15) is 20.3 Å². The molecule has 0 aliphatic heterocycles. The lowest BCUT2D eigenvalue weighted by Crippen LogP contribution is -2.32. The van der Waals surface area contributed by atoms with Crippen molar-refractivity contribution < 1.29 is 4.92 Å². The van der Waals surface area contributed by atoms with Crippen molar-refractivity contribution in [2.75, 3.05) is 18.5 Å². The number of nitrogens with one attached hydrogen (secondary N) is 1. The fourth-order valence-corrected chi connectivity index (χ4v) is 2.06. The Balaban J connectivity index is 2.13. The van der Waals surface area contributed by atoms with E-state index in [-0.39, 0.29) is 11.7 Å². The minimum atomic E-state index is -0.411. The zero-order chi connectivity index (χ0) is 15.6. The van der Waals surface area contributed by atoms with E-state index in [4.69, 9.17) is 5.73 Å². The van der Waals surface area contributed by atoms with Gasteiger partial charge in [-0.05, 0) is 18.4 Å². The molecule has 0 saturated carbocycles. The molecule has 2 aromatic rings. The first-order valence-electron chi connectivity index (χ1n) is 6.99. The van der Waals surface area contributed by atoms with Gasteiger partial charge in [-0.25, -0.2) is 4.98 Å². The average Bonchev–Trinajstić information content (AvgIpc) is 2.86. The number of nitro benzene ring substituents is 1. The van der Waals surface area contributed by atoms with Crippen LogP contribution in [0.4, 0.5) is 11.6 Å². The van der Waals surface area contributed by atoms with Crippen molar-refractivity contribution in [3.05, 3.63) is 28.3 Å². The van der Waals surface area contributed by atoms with Crippen molar-refractivity contribution in [1.29, 1.82) is 0 Å². The maximum Gasteiger partial charge on any atom is 0.271 e. The van der Waals surface area contributed by atoms with Crippen LogP contribution in [0.3, 0.4) is 0 Å². The van der Waals surface area contributed by atoms with Crippen LogP contribution in [-0.4, -0.2) is 34.5 Å². The first kappa shape index (κ1) is 15.2. The van der Waals surface area contributed by atoms with Crippen LogP contribution in [-0.2, 0) is 0 Å². The number of hydrogen-bond acceptors (Lipinski definition) is 5.